The van der Waals surface area contributed by atoms with Gasteiger partial charge in [0.2, 0.25) is 0 Å². The van der Waals surface area contributed by atoms with Gasteiger partial charge in [-0.25, -0.2) is 4.79 Å². The maximum absolute atomic E-state index is 11.5. The second-order valence-electron chi connectivity index (χ2n) is 3.81. The van der Waals surface area contributed by atoms with Gasteiger partial charge < -0.3 is 5.11 Å². The van der Waals surface area contributed by atoms with E-state index in [0.29, 0.717) is 12.8 Å². The molecule has 5 heteroatoms. The van der Waals surface area contributed by atoms with E-state index in [1.807, 2.05) is 0 Å². The van der Waals surface area contributed by atoms with Crippen LogP contribution < -0.4 is 0 Å². The van der Waals surface area contributed by atoms with Crippen LogP contribution in [0, 0.1) is 11.8 Å². The lowest BCUT2D eigenvalue weighted by molar-refractivity contribution is -0.271. The molecule has 2 atom stereocenters. The van der Waals surface area contributed by atoms with Gasteiger partial charge in [0.1, 0.15) is 6.61 Å². The highest BCUT2D eigenvalue weighted by atomic mass is 17.2. The van der Waals surface area contributed by atoms with E-state index in [1.165, 1.54) is 6.08 Å². The first kappa shape index (κ1) is 12.7. The fourth-order valence-electron chi connectivity index (χ4n) is 1.91. The zero-order chi connectivity index (χ0) is 12.0. The van der Waals surface area contributed by atoms with Crippen LogP contribution in [0.15, 0.2) is 12.7 Å². The first-order valence-corrected chi connectivity index (χ1v) is 5.33. The number of rotatable bonds is 5. The topological polar surface area (TPSA) is 72.8 Å². The Labute approximate surface area is 94.0 Å². The number of aliphatic carboxylic acids is 1. The monoisotopic (exact) mass is 228 g/mol. The lowest BCUT2D eigenvalue weighted by Crippen LogP contribution is -2.33. The molecule has 0 heterocycles. The lowest BCUT2D eigenvalue weighted by atomic mass is 9.79. The third-order valence-electron chi connectivity index (χ3n) is 2.71. The number of hydrogen-bond acceptors (Lipinski definition) is 4. The van der Waals surface area contributed by atoms with Crippen molar-refractivity contribution in [1.29, 1.82) is 0 Å². The Balaban J connectivity index is 2.50. The van der Waals surface area contributed by atoms with Crippen molar-refractivity contribution in [3.8, 4) is 0 Å². The van der Waals surface area contributed by atoms with Gasteiger partial charge in [0.15, 0.2) is 0 Å². The Morgan fingerprint density at radius 3 is 2.50 bits per heavy atom. The number of carbonyl (C=O) groups excluding carboxylic acids is 1. The summed E-state index contributed by atoms with van der Waals surface area (Å²) in [6.45, 7) is 3.51. The van der Waals surface area contributed by atoms with Crippen molar-refractivity contribution in [3.05, 3.63) is 12.7 Å². The number of carbonyl (C=O) groups is 2. The van der Waals surface area contributed by atoms with Crippen LogP contribution in [0.1, 0.15) is 25.7 Å². The van der Waals surface area contributed by atoms with Crippen LogP contribution in [0.25, 0.3) is 0 Å². The highest BCUT2D eigenvalue weighted by molar-refractivity contribution is 5.81. The maximum Gasteiger partial charge on any atom is 0.346 e. The highest BCUT2D eigenvalue weighted by Crippen LogP contribution is 2.31. The molecule has 2 unspecified atom stereocenters. The minimum Gasteiger partial charge on any atom is -0.481 e. The highest BCUT2D eigenvalue weighted by Gasteiger charge is 2.37. The summed E-state index contributed by atoms with van der Waals surface area (Å²) in [5.41, 5.74) is 0. The van der Waals surface area contributed by atoms with E-state index in [0.717, 1.165) is 12.8 Å². The molecule has 1 fully saturated rings. The summed E-state index contributed by atoms with van der Waals surface area (Å²) in [4.78, 5) is 31.6. The van der Waals surface area contributed by atoms with Crippen molar-refractivity contribution < 1.29 is 24.5 Å². The molecule has 1 rings (SSSR count). The SMILES string of the molecule is C=CCOOC(=O)C1CCCCC1C(=O)O. The number of hydrogen-bond donors (Lipinski definition) is 1. The molecule has 0 spiro atoms. The molecule has 0 aromatic rings. The third kappa shape index (κ3) is 3.34. The largest absolute Gasteiger partial charge is 0.481 e. The summed E-state index contributed by atoms with van der Waals surface area (Å²) < 4.78 is 0. The van der Waals surface area contributed by atoms with Crippen LogP contribution in [0.4, 0.5) is 0 Å². The summed E-state index contributed by atoms with van der Waals surface area (Å²) in [5.74, 6) is -2.76. The van der Waals surface area contributed by atoms with Crippen molar-refractivity contribution in [2.45, 2.75) is 25.7 Å². The zero-order valence-electron chi connectivity index (χ0n) is 9.05. The summed E-state index contributed by atoms with van der Waals surface area (Å²) in [6.07, 6.45) is 4.21. The zero-order valence-corrected chi connectivity index (χ0v) is 9.05. The Morgan fingerprint density at radius 1 is 1.31 bits per heavy atom. The molecule has 90 valence electrons. The first-order chi connectivity index (χ1) is 7.66. The number of carboxylic acids is 1. The molecule has 0 aromatic carbocycles. The van der Waals surface area contributed by atoms with Crippen LogP contribution in [-0.4, -0.2) is 23.7 Å². The van der Waals surface area contributed by atoms with Gasteiger partial charge in [0, 0.05) is 0 Å². The first-order valence-electron chi connectivity index (χ1n) is 5.33. The summed E-state index contributed by atoms with van der Waals surface area (Å²) in [7, 11) is 0. The Bertz CT molecular complexity index is 274. The van der Waals surface area contributed by atoms with Gasteiger partial charge in [0.05, 0.1) is 11.8 Å². The molecule has 1 N–H and O–H groups in total. The van der Waals surface area contributed by atoms with E-state index in [-0.39, 0.29) is 6.61 Å². The van der Waals surface area contributed by atoms with Crippen molar-refractivity contribution >= 4 is 11.9 Å². The minimum absolute atomic E-state index is 0.107. The fraction of sp³-hybridized carbons (Fsp3) is 0.636. The predicted octanol–water partition coefficient (Wildman–Crippen LogP) is 1.54. The molecule has 16 heavy (non-hydrogen) atoms. The molecular weight excluding hydrogens is 212 g/mol. The van der Waals surface area contributed by atoms with Gasteiger partial charge in [0.25, 0.3) is 0 Å². The van der Waals surface area contributed by atoms with Crippen molar-refractivity contribution in [1.82, 2.24) is 0 Å². The molecule has 0 aliphatic heterocycles. The number of carboxylic acid groups (broad SMARTS) is 1. The summed E-state index contributed by atoms with van der Waals surface area (Å²) in [6, 6.07) is 0. The smallest absolute Gasteiger partial charge is 0.346 e. The Kier molecular flexibility index (Phi) is 4.98. The molecule has 0 aromatic heterocycles. The van der Waals surface area contributed by atoms with Crippen LogP contribution in [0.2, 0.25) is 0 Å². The van der Waals surface area contributed by atoms with E-state index in [4.69, 9.17) is 5.11 Å². The molecule has 0 saturated heterocycles. The van der Waals surface area contributed by atoms with Crippen LogP contribution >= 0.6 is 0 Å². The molecule has 1 aliphatic carbocycles. The van der Waals surface area contributed by atoms with Crippen LogP contribution in [-0.2, 0) is 19.4 Å². The van der Waals surface area contributed by atoms with Crippen molar-refractivity contribution in [2.24, 2.45) is 11.8 Å². The lowest BCUT2D eigenvalue weighted by Gasteiger charge is -2.25. The quantitative estimate of drug-likeness (QED) is 0.334. The Hall–Kier alpha value is -1.36. The standard InChI is InChI=1S/C11H16O5/c1-2-7-15-16-11(14)9-6-4-3-5-8(9)10(12)13/h2,8-9H,1,3-7H2,(H,12,13). The second kappa shape index (κ2) is 6.27. The molecule has 0 radical (unpaired) electrons. The predicted molar refractivity (Wildman–Crippen MR) is 55.3 cm³/mol. The third-order valence-corrected chi connectivity index (χ3v) is 2.71. The van der Waals surface area contributed by atoms with Crippen molar-refractivity contribution in [3.63, 3.8) is 0 Å². The Morgan fingerprint density at radius 2 is 1.94 bits per heavy atom. The van der Waals surface area contributed by atoms with E-state index in [9.17, 15) is 9.59 Å². The molecule has 0 amide bonds. The van der Waals surface area contributed by atoms with Crippen LogP contribution in [0.5, 0.6) is 0 Å². The second-order valence-corrected chi connectivity index (χ2v) is 3.81. The van der Waals surface area contributed by atoms with E-state index < -0.39 is 23.8 Å². The van der Waals surface area contributed by atoms with E-state index in [2.05, 4.69) is 16.4 Å². The van der Waals surface area contributed by atoms with Crippen molar-refractivity contribution in [2.75, 3.05) is 6.61 Å². The average Bonchev–Trinajstić information content (AvgIpc) is 2.29. The normalized spacial score (nSPS) is 24.8. The maximum atomic E-state index is 11.5. The molecular formula is C11H16O5. The van der Waals surface area contributed by atoms with Gasteiger partial charge in [-0.3, -0.25) is 9.68 Å². The molecule has 1 saturated carbocycles. The van der Waals surface area contributed by atoms with E-state index >= 15 is 0 Å². The minimum atomic E-state index is -0.939. The average molecular weight is 228 g/mol. The molecule has 0 bridgehead atoms. The van der Waals surface area contributed by atoms with Gasteiger partial charge in [-0.1, -0.05) is 18.9 Å². The molecule has 5 nitrogen and oxygen atoms in total. The summed E-state index contributed by atoms with van der Waals surface area (Å²) >= 11 is 0. The van der Waals surface area contributed by atoms with Gasteiger partial charge in [-0.2, -0.15) is 4.89 Å². The van der Waals surface area contributed by atoms with Crippen LogP contribution in [0.3, 0.4) is 0 Å². The molecule has 1 aliphatic rings. The van der Waals surface area contributed by atoms with Gasteiger partial charge in [-0.05, 0) is 12.8 Å². The summed E-state index contributed by atoms with van der Waals surface area (Å²) in [5, 5.41) is 8.96. The van der Waals surface area contributed by atoms with Gasteiger partial charge >= 0.3 is 11.9 Å². The fourth-order valence-corrected chi connectivity index (χ4v) is 1.91. The van der Waals surface area contributed by atoms with E-state index in [1.54, 1.807) is 0 Å². The van der Waals surface area contributed by atoms with Gasteiger partial charge in [-0.15, -0.1) is 6.58 Å².